The van der Waals surface area contributed by atoms with E-state index in [1.807, 2.05) is 0 Å². The normalized spacial score (nSPS) is 11.6. The second-order valence-corrected chi connectivity index (χ2v) is 5.71. The number of aromatic amines is 1. The maximum absolute atomic E-state index is 11.2. The lowest BCUT2D eigenvalue weighted by Crippen LogP contribution is -2.36. The Morgan fingerprint density at radius 1 is 1.47 bits per heavy atom. The molecule has 0 fully saturated rings. The molecular formula is C7H9ClN2O4S. The fourth-order valence-electron chi connectivity index (χ4n) is 0.961. The molecule has 0 aliphatic carbocycles. The molecule has 0 aromatic carbocycles. The molecular weight excluding hydrogens is 244 g/mol. The summed E-state index contributed by atoms with van der Waals surface area (Å²) >= 11 is 5.43. The predicted molar refractivity (Wildman–Crippen MR) is 56.0 cm³/mol. The molecule has 0 aliphatic rings. The first kappa shape index (κ1) is 12.0. The van der Waals surface area contributed by atoms with Crippen molar-refractivity contribution in [2.75, 3.05) is 12.0 Å². The number of nitrogens with zero attached hydrogens (tertiary/aromatic N) is 1. The van der Waals surface area contributed by atoms with E-state index in [1.165, 1.54) is 0 Å². The summed E-state index contributed by atoms with van der Waals surface area (Å²) in [7, 11) is -3.21. The minimum atomic E-state index is -3.21. The van der Waals surface area contributed by atoms with Crippen LogP contribution in [-0.2, 0) is 16.4 Å². The highest BCUT2D eigenvalue weighted by Gasteiger charge is 2.07. The summed E-state index contributed by atoms with van der Waals surface area (Å²) in [6, 6.07) is 1.02. The minimum absolute atomic E-state index is 0.0689. The monoisotopic (exact) mass is 252 g/mol. The highest BCUT2D eigenvalue weighted by Crippen LogP contribution is 1.93. The molecule has 1 rings (SSSR count). The van der Waals surface area contributed by atoms with Gasteiger partial charge in [0.15, 0.2) is 0 Å². The zero-order chi connectivity index (χ0) is 11.6. The fourth-order valence-corrected chi connectivity index (χ4v) is 1.65. The van der Waals surface area contributed by atoms with Gasteiger partial charge in [0.1, 0.15) is 15.0 Å². The molecule has 8 heteroatoms. The molecule has 0 spiro atoms. The summed E-state index contributed by atoms with van der Waals surface area (Å²) in [5, 5.41) is -0.0689. The average molecular weight is 253 g/mol. The first-order valence-corrected chi connectivity index (χ1v) is 6.41. The largest absolute Gasteiger partial charge is 0.329 e. The maximum atomic E-state index is 11.2. The minimum Gasteiger partial charge on any atom is -0.298 e. The molecule has 0 unspecified atom stereocenters. The molecule has 0 radical (unpaired) electrons. The third-order valence-corrected chi connectivity index (χ3v) is 2.80. The van der Waals surface area contributed by atoms with Crippen molar-refractivity contribution < 1.29 is 8.42 Å². The van der Waals surface area contributed by atoms with Crippen molar-refractivity contribution in [1.29, 1.82) is 0 Å². The second-order valence-electron chi connectivity index (χ2n) is 3.04. The topological polar surface area (TPSA) is 89.0 Å². The quantitative estimate of drug-likeness (QED) is 0.716. The number of hydrogen-bond donors (Lipinski definition) is 1. The summed E-state index contributed by atoms with van der Waals surface area (Å²) in [4.78, 5) is 24.6. The van der Waals surface area contributed by atoms with E-state index in [9.17, 15) is 18.0 Å². The van der Waals surface area contributed by atoms with E-state index in [1.54, 1.807) is 0 Å². The van der Waals surface area contributed by atoms with Crippen LogP contribution in [-0.4, -0.2) is 30.0 Å². The van der Waals surface area contributed by atoms with Crippen LogP contribution in [0.15, 0.2) is 15.7 Å². The van der Waals surface area contributed by atoms with Gasteiger partial charge in [0, 0.05) is 18.9 Å². The van der Waals surface area contributed by atoms with E-state index < -0.39 is 21.1 Å². The lowest BCUT2D eigenvalue weighted by Gasteiger charge is -2.02. The Kier molecular flexibility index (Phi) is 3.35. The van der Waals surface area contributed by atoms with Crippen LogP contribution in [0, 0.1) is 0 Å². The molecule has 1 N–H and O–H groups in total. The number of rotatable bonds is 3. The van der Waals surface area contributed by atoms with Gasteiger partial charge in [-0.15, -0.1) is 0 Å². The molecule has 0 saturated carbocycles. The van der Waals surface area contributed by atoms with Gasteiger partial charge in [-0.05, 0) is 0 Å². The molecule has 0 saturated heterocycles. The van der Waals surface area contributed by atoms with Crippen LogP contribution in [0.2, 0.25) is 5.15 Å². The standard InChI is InChI=1S/C7H9ClN2O4S/c1-15(13,14)3-2-10-6(11)4-5(8)9-7(10)12/h4H,2-3H2,1H3,(H,9,12). The Hall–Kier alpha value is -1.08. The highest BCUT2D eigenvalue weighted by atomic mass is 35.5. The van der Waals surface area contributed by atoms with Gasteiger partial charge in [-0.2, -0.15) is 0 Å². The molecule has 1 aromatic rings. The fraction of sp³-hybridized carbons (Fsp3) is 0.429. The van der Waals surface area contributed by atoms with Crippen LogP contribution in [0.3, 0.4) is 0 Å². The SMILES string of the molecule is CS(=O)(=O)CCn1c(=O)cc(Cl)[nH]c1=O. The molecule has 0 atom stereocenters. The van der Waals surface area contributed by atoms with E-state index in [0.717, 1.165) is 16.9 Å². The zero-order valence-electron chi connectivity index (χ0n) is 7.86. The lowest BCUT2D eigenvalue weighted by atomic mass is 10.6. The van der Waals surface area contributed by atoms with Gasteiger partial charge in [0.05, 0.1) is 5.75 Å². The molecule has 15 heavy (non-hydrogen) atoms. The van der Waals surface area contributed by atoms with Crippen LogP contribution in [0.1, 0.15) is 0 Å². The second kappa shape index (κ2) is 4.19. The molecule has 0 aliphatic heterocycles. The van der Waals surface area contributed by atoms with Crippen LogP contribution in [0.5, 0.6) is 0 Å². The van der Waals surface area contributed by atoms with E-state index >= 15 is 0 Å². The summed E-state index contributed by atoms with van der Waals surface area (Å²) in [6.45, 7) is -0.176. The van der Waals surface area contributed by atoms with Crippen molar-refractivity contribution in [3.05, 3.63) is 32.1 Å². The number of hydrogen-bond acceptors (Lipinski definition) is 4. The Bertz CT molecular complexity index is 540. The van der Waals surface area contributed by atoms with E-state index in [2.05, 4.69) is 4.98 Å². The smallest absolute Gasteiger partial charge is 0.298 e. The van der Waals surface area contributed by atoms with Gasteiger partial charge in [-0.1, -0.05) is 11.6 Å². The molecule has 0 amide bonds. The number of sulfone groups is 1. The number of aromatic nitrogens is 2. The Morgan fingerprint density at radius 3 is 2.53 bits per heavy atom. The van der Waals surface area contributed by atoms with Gasteiger partial charge in [-0.25, -0.2) is 13.2 Å². The summed E-state index contributed by atoms with van der Waals surface area (Å²) in [5.41, 5.74) is -1.33. The Balaban J connectivity index is 3.07. The van der Waals surface area contributed by atoms with Gasteiger partial charge in [0.2, 0.25) is 0 Å². The van der Waals surface area contributed by atoms with Crippen LogP contribution in [0.4, 0.5) is 0 Å². The first-order chi connectivity index (χ1) is 6.79. The van der Waals surface area contributed by atoms with Gasteiger partial charge >= 0.3 is 5.69 Å². The summed E-state index contributed by atoms with van der Waals surface area (Å²) < 4.78 is 22.5. The van der Waals surface area contributed by atoms with Crippen LogP contribution in [0.25, 0.3) is 0 Å². The molecule has 1 heterocycles. The van der Waals surface area contributed by atoms with E-state index in [0.29, 0.717) is 0 Å². The van der Waals surface area contributed by atoms with Crippen molar-refractivity contribution in [2.45, 2.75) is 6.54 Å². The first-order valence-electron chi connectivity index (χ1n) is 3.97. The van der Waals surface area contributed by atoms with Gasteiger partial charge < -0.3 is 0 Å². The van der Waals surface area contributed by atoms with Crippen LogP contribution < -0.4 is 11.2 Å². The highest BCUT2D eigenvalue weighted by molar-refractivity contribution is 7.90. The number of H-pyrrole nitrogens is 1. The maximum Gasteiger partial charge on any atom is 0.329 e. The zero-order valence-corrected chi connectivity index (χ0v) is 9.43. The van der Waals surface area contributed by atoms with E-state index in [4.69, 9.17) is 11.6 Å². The lowest BCUT2D eigenvalue weighted by molar-refractivity contribution is 0.588. The van der Waals surface area contributed by atoms with E-state index in [-0.39, 0.29) is 17.5 Å². The van der Waals surface area contributed by atoms with Gasteiger partial charge in [0.25, 0.3) is 5.56 Å². The van der Waals surface area contributed by atoms with Crippen molar-refractivity contribution in [3.63, 3.8) is 0 Å². The Labute approximate surface area is 90.4 Å². The number of nitrogens with one attached hydrogen (secondary N) is 1. The molecule has 84 valence electrons. The van der Waals surface area contributed by atoms with Crippen molar-refractivity contribution in [1.82, 2.24) is 9.55 Å². The van der Waals surface area contributed by atoms with Crippen molar-refractivity contribution in [2.24, 2.45) is 0 Å². The van der Waals surface area contributed by atoms with Gasteiger partial charge in [-0.3, -0.25) is 14.3 Å². The van der Waals surface area contributed by atoms with Crippen LogP contribution >= 0.6 is 11.6 Å². The molecule has 0 bridgehead atoms. The Morgan fingerprint density at radius 2 is 2.07 bits per heavy atom. The predicted octanol–water partition coefficient (Wildman–Crippen LogP) is -0.765. The average Bonchev–Trinajstić information content (AvgIpc) is 1.99. The third kappa shape index (κ3) is 3.52. The third-order valence-electron chi connectivity index (χ3n) is 1.67. The van der Waals surface area contributed by atoms with Crippen molar-refractivity contribution >= 4 is 21.4 Å². The summed E-state index contributed by atoms with van der Waals surface area (Å²) in [6.07, 6.45) is 1.03. The molecule has 1 aromatic heterocycles. The summed E-state index contributed by atoms with van der Waals surface area (Å²) in [5.74, 6) is -0.266. The van der Waals surface area contributed by atoms with Crippen molar-refractivity contribution in [3.8, 4) is 0 Å². The molecule has 6 nitrogen and oxygen atoms in total. The number of halogens is 1.